The highest BCUT2D eigenvalue weighted by molar-refractivity contribution is 5.89. The van der Waals surface area contributed by atoms with Crippen molar-refractivity contribution in [2.75, 3.05) is 6.61 Å². The molecule has 7 heteroatoms. The average Bonchev–Trinajstić information content (AvgIpc) is 3.12. The second-order valence-electron chi connectivity index (χ2n) is 5.72. The molecule has 144 valence electrons. The fourth-order valence-electron chi connectivity index (χ4n) is 2.36. The number of rotatable bonds is 8. The fourth-order valence-corrected chi connectivity index (χ4v) is 2.36. The van der Waals surface area contributed by atoms with Crippen molar-refractivity contribution in [2.45, 2.75) is 20.5 Å². The second-order valence-corrected chi connectivity index (χ2v) is 5.72. The second kappa shape index (κ2) is 9.36. The Morgan fingerprint density at radius 3 is 2.54 bits per heavy atom. The Morgan fingerprint density at radius 2 is 1.82 bits per heavy atom. The molecule has 1 aromatic heterocycles. The molecule has 0 aliphatic carbocycles. The van der Waals surface area contributed by atoms with Crippen LogP contribution in [0.1, 0.15) is 24.2 Å². The Bertz CT molecular complexity index is 947. The van der Waals surface area contributed by atoms with Gasteiger partial charge in [-0.15, -0.1) is 0 Å². The van der Waals surface area contributed by atoms with Crippen LogP contribution in [0.5, 0.6) is 17.2 Å². The lowest BCUT2D eigenvalue weighted by Gasteiger charge is -2.06. The molecule has 0 atom stereocenters. The highest BCUT2D eigenvalue weighted by Gasteiger charge is 2.06. The Balaban J connectivity index is 1.54. The summed E-state index contributed by atoms with van der Waals surface area (Å²) >= 11 is 0. The smallest absolute Gasteiger partial charge is 0.336 e. The van der Waals surface area contributed by atoms with Gasteiger partial charge in [0.2, 0.25) is 0 Å². The summed E-state index contributed by atoms with van der Waals surface area (Å²) in [5, 5.41) is 3.69. The normalized spacial score (nSPS) is 10.8. The Kier molecular flexibility index (Phi) is 6.41. The minimum Gasteiger partial charge on any atom is -0.493 e. The number of aryl methyl sites for hydroxylation is 1. The van der Waals surface area contributed by atoms with Gasteiger partial charge in [-0.3, -0.25) is 0 Å². The van der Waals surface area contributed by atoms with Gasteiger partial charge in [0, 0.05) is 11.6 Å². The van der Waals surface area contributed by atoms with E-state index in [2.05, 4.69) is 10.1 Å². The zero-order valence-corrected chi connectivity index (χ0v) is 15.6. The minimum atomic E-state index is -0.485. The number of carbonyl (C=O) groups excluding carboxylic acids is 1. The summed E-state index contributed by atoms with van der Waals surface area (Å²) in [5.41, 5.74) is 0.807. The first kappa shape index (κ1) is 19.2. The molecule has 28 heavy (non-hydrogen) atoms. The molecule has 3 rings (SSSR count). The molecule has 0 amide bonds. The number of aromatic nitrogens is 2. The van der Waals surface area contributed by atoms with Gasteiger partial charge in [0.1, 0.15) is 17.2 Å². The number of ether oxygens (including phenoxy) is 3. The third kappa shape index (κ3) is 5.44. The highest BCUT2D eigenvalue weighted by Crippen LogP contribution is 2.21. The van der Waals surface area contributed by atoms with Gasteiger partial charge in [-0.05, 0) is 50.3 Å². The van der Waals surface area contributed by atoms with E-state index in [0.717, 1.165) is 5.56 Å². The first-order chi connectivity index (χ1) is 13.6. The Morgan fingerprint density at radius 1 is 1.07 bits per heavy atom. The first-order valence-corrected chi connectivity index (χ1v) is 8.78. The SMILES string of the molecule is CCOc1ccccc1/C=C/C(=O)Oc1ccc(OCc2nc(C)no2)cc1. The number of nitrogens with zero attached hydrogens (tertiary/aromatic N) is 2. The van der Waals surface area contributed by atoms with Crippen LogP contribution in [-0.2, 0) is 11.4 Å². The van der Waals surface area contributed by atoms with E-state index in [0.29, 0.717) is 35.6 Å². The molecular formula is C21H20N2O5. The molecular weight excluding hydrogens is 360 g/mol. The van der Waals surface area contributed by atoms with E-state index in [-0.39, 0.29) is 6.61 Å². The summed E-state index contributed by atoms with van der Waals surface area (Å²) in [4.78, 5) is 16.1. The van der Waals surface area contributed by atoms with Crippen LogP contribution in [0.2, 0.25) is 0 Å². The van der Waals surface area contributed by atoms with Crippen LogP contribution in [0.4, 0.5) is 0 Å². The molecule has 0 bridgehead atoms. The lowest BCUT2D eigenvalue weighted by molar-refractivity contribution is -0.128. The van der Waals surface area contributed by atoms with Crippen LogP contribution in [0, 0.1) is 6.92 Å². The summed E-state index contributed by atoms with van der Waals surface area (Å²) in [6.07, 6.45) is 3.03. The largest absolute Gasteiger partial charge is 0.493 e. The van der Waals surface area contributed by atoms with Gasteiger partial charge in [0.25, 0.3) is 5.89 Å². The van der Waals surface area contributed by atoms with Gasteiger partial charge in [0.05, 0.1) is 6.61 Å². The molecule has 0 radical (unpaired) electrons. The maximum Gasteiger partial charge on any atom is 0.336 e. The van der Waals surface area contributed by atoms with E-state index in [4.69, 9.17) is 18.7 Å². The topological polar surface area (TPSA) is 83.7 Å². The lowest BCUT2D eigenvalue weighted by atomic mass is 10.2. The molecule has 0 fully saturated rings. The van der Waals surface area contributed by atoms with E-state index < -0.39 is 5.97 Å². The van der Waals surface area contributed by atoms with Crippen LogP contribution in [0.15, 0.2) is 59.1 Å². The molecule has 1 heterocycles. The number of hydrogen-bond acceptors (Lipinski definition) is 7. The van der Waals surface area contributed by atoms with E-state index in [1.54, 1.807) is 37.3 Å². The van der Waals surface area contributed by atoms with E-state index in [1.807, 2.05) is 31.2 Å². The zero-order chi connectivity index (χ0) is 19.8. The van der Waals surface area contributed by atoms with E-state index in [9.17, 15) is 4.79 Å². The van der Waals surface area contributed by atoms with E-state index >= 15 is 0 Å². The van der Waals surface area contributed by atoms with Crippen LogP contribution < -0.4 is 14.2 Å². The van der Waals surface area contributed by atoms with E-state index in [1.165, 1.54) is 6.08 Å². The van der Waals surface area contributed by atoms with Crippen molar-refractivity contribution in [2.24, 2.45) is 0 Å². The van der Waals surface area contributed by atoms with Crippen molar-refractivity contribution in [3.05, 3.63) is 71.9 Å². The summed E-state index contributed by atoms with van der Waals surface area (Å²) in [6, 6.07) is 14.2. The van der Waals surface area contributed by atoms with Crippen molar-refractivity contribution in [3.8, 4) is 17.2 Å². The number of esters is 1. The molecule has 0 unspecified atom stereocenters. The fraction of sp³-hybridized carbons (Fsp3) is 0.190. The number of para-hydroxylation sites is 1. The predicted molar refractivity (Wildman–Crippen MR) is 102 cm³/mol. The minimum absolute atomic E-state index is 0.169. The number of carbonyl (C=O) groups is 1. The monoisotopic (exact) mass is 380 g/mol. The van der Waals surface area contributed by atoms with Crippen LogP contribution >= 0.6 is 0 Å². The molecule has 0 saturated heterocycles. The standard InChI is InChI=1S/C21H20N2O5/c1-3-25-19-7-5-4-6-16(19)8-13-21(24)27-18-11-9-17(10-12-18)26-14-20-22-15(2)23-28-20/h4-13H,3,14H2,1-2H3/b13-8+. The lowest BCUT2D eigenvalue weighted by Crippen LogP contribution is -2.04. The van der Waals surface area contributed by atoms with Gasteiger partial charge in [0.15, 0.2) is 12.4 Å². The van der Waals surface area contributed by atoms with Gasteiger partial charge in [-0.2, -0.15) is 4.98 Å². The maximum absolute atomic E-state index is 12.0. The van der Waals surface area contributed by atoms with Crippen molar-refractivity contribution in [1.29, 1.82) is 0 Å². The van der Waals surface area contributed by atoms with Crippen molar-refractivity contribution >= 4 is 12.0 Å². The van der Waals surface area contributed by atoms with Crippen molar-refractivity contribution < 1.29 is 23.5 Å². The summed E-state index contributed by atoms with van der Waals surface area (Å²) in [6.45, 7) is 4.36. The van der Waals surface area contributed by atoms with Gasteiger partial charge in [-0.1, -0.05) is 23.4 Å². The van der Waals surface area contributed by atoms with Crippen LogP contribution in [0.25, 0.3) is 6.08 Å². The van der Waals surface area contributed by atoms with Crippen molar-refractivity contribution in [3.63, 3.8) is 0 Å². The molecule has 0 N–H and O–H groups in total. The summed E-state index contributed by atoms with van der Waals surface area (Å²) in [5.74, 6) is 2.18. The average molecular weight is 380 g/mol. The third-order valence-corrected chi connectivity index (χ3v) is 3.59. The number of hydrogen-bond donors (Lipinski definition) is 0. The first-order valence-electron chi connectivity index (χ1n) is 8.78. The molecule has 3 aromatic rings. The molecule has 2 aromatic carbocycles. The molecule has 0 saturated carbocycles. The quantitative estimate of drug-likeness (QED) is 0.332. The van der Waals surface area contributed by atoms with Crippen molar-refractivity contribution in [1.82, 2.24) is 10.1 Å². The molecule has 0 aliphatic heterocycles. The van der Waals surface area contributed by atoms with Gasteiger partial charge in [-0.25, -0.2) is 4.79 Å². The predicted octanol–water partition coefficient (Wildman–Crippen LogP) is 3.97. The summed E-state index contributed by atoms with van der Waals surface area (Å²) < 4.78 is 21.3. The van der Waals surface area contributed by atoms with Gasteiger partial charge >= 0.3 is 5.97 Å². The molecule has 0 spiro atoms. The Labute approximate surface area is 162 Å². The Hall–Kier alpha value is -3.61. The highest BCUT2D eigenvalue weighted by atomic mass is 16.5. The molecule has 7 nitrogen and oxygen atoms in total. The van der Waals surface area contributed by atoms with Gasteiger partial charge < -0.3 is 18.7 Å². The molecule has 0 aliphatic rings. The zero-order valence-electron chi connectivity index (χ0n) is 15.6. The third-order valence-electron chi connectivity index (χ3n) is 3.59. The maximum atomic E-state index is 12.0. The number of benzene rings is 2. The van der Waals surface area contributed by atoms with Crippen LogP contribution in [-0.4, -0.2) is 22.7 Å². The van der Waals surface area contributed by atoms with Crippen LogP contribution in [0.3, 0.4) is 0 Å². The summed E-state index contributed by atoms with van der Waals surface area (Å²) in [7, 11) is 0.